The van der Waals surface area contributed by atoms with Gasteiger partial charge in [0, 0.05) is 16.8 Å². The van der Waals surface area contributed by atoms with Crippen molar-refractivity contribution in [2.24, 2.45) is 4.99 Å². The van der Waals surface area contributed by atoms with Crippen LogP contribution in [0.1, 0.15) is 23.6 Å². The van der Waals surface area contributed by atoms with Crippen LogP contribution >= 0.6 is 0 Å². The zero-order valence-corrected chi connectivity index (χ0v) is 13.0. The van der Waals surface area contributed by atoms with Gasteiger partial charge in [0.15, 0.2) is 0 Å². The number of anilines is 1. The SMILES string of the molecule is CC1(c2ccccc2)N=C(c2ccccc2)Nc2ccccc21. The third-order valence-electron chi connectivity index (χ3n) is 4.42. The lowest BCUT2D eigenvalue weighted by molar-refractivity contribution is 0.603. The quantitative estimate of drug-likeness (QED) is 0.720. The van der Waals surface area contributed by atoms with Crippen LogP contribution in [-0.4, -0.2) is 5.84 Å². The maximum Gasteiger partial charge on any atom is 0.134 e. The fourth-order valence-electron chi connectivity index (χ4n) is 3.17. The molecule has 0 spiro atoms. The molecule has 2 heteroatoms. The van der Waals surface area contributed by atoms with Crippen molar-refractivity contribution >= 4 is 11.5 Å². The van der Waals surface area contributed by atoms with Gasteiger partial charge in [0.25, 0.3) is 0 Å². The molecule has 0 fully saturated rings. The zero-order chi connectivity index (χ0) is 15.7. The molecule has 23 heavy (non-hydrogen) atoms. The van der Waals surface area contributed by atoms with Crippen molar-refractivity contribution in [1.29, 1.82) is 0 Å². The minimum Gasteiger partial charge on any atom is -0.340 e. The third kappa shape index (κ3) is 2.33. The highest BCUT2D eigenvalue weighted by Crippen LogP contribution is 2.40. The topological polar surface area (TPSA) is 24.4 Å². The van der Waals surface area contributed by atoms with Crippen LogP contribution in [0, 0.1) is 0 Å². The lowest BCUT2D eigenvalue weighted by Crippen LogP contribution is -2.32. The van der Waals surface area contributed by atoms with Gasteiger partial charge in [-0.25, -0.2) is 0 Å². The van der Waals surface area contributed by atoms with Crippen molar-refractivity contribution in [1.82, 2.24) is 0 Å². The molecule has 2 nitrogen and oxygen atoms in total. The maximum absolute atomic E-state index is 5.10. The number of para-hydroxylation sites is 1. The second-order valence-electron chi connectivity index (χ2n) is 5.94. The molecule has 112 valence electrons. The van der Waals surface area contributed by atoms with Crippen molar-refractivity contribution in [2.45, 2.75) is 12.5 Å². The van der Waals surface area contributed by atoms with Crippen LogP contribution in [0.25, 0.3) is 0 Å². The van der Waals surface area contributed by atoms with Gasteiger partial charge in [0.05, 0.1) is 0 Å². The first-order valence-electron chi connectivity index (χ1n) is 7.85. The van der Waals surface area contributed by atoms with Gasteiger partial charge in [-0.05, 0) is 18.6 Å². The van der Waals surface area contributed by atoms with E-state index >= 15 is 0 Å². The van der Waals surface area contributed by atoms with Gasteiger partial charge < -0.3 is 5.32 Å². The molecule has 1 N–H and O–H groups in total. The van der Waals surface area contributed by atoms with E-state index in [4.69, 9.17) is 4.99 Å². The molecular formula is C21H18N2. The summed E-state index contributed by atoms with van der Waals surface area (Å²) >= 11 is 0. The Morgan fingerprint density at radius 3 is 2.09 bits per heavy atom. The van der Waals surface area contributed by atoms with Crippen molar-refractivity contribution in [3.8, 4) is 0 Å². The third-order valence-corrected chi connectivity index (χ3v) is 4.42. The Labute approximate surface area is 136 Å². The summed E-state index contributed by atoms with van der Waals surface area (Å²) in [6, 6.07) is 29.2. The van der Waals surface area contributed by atoms with E-state index in [0.29, 0.717) is 0 Å². The van der Waals surface area contributed by atoms with Crippen LogP contribution in [0.3, 0.4) is 0 Å². The molecule has 4 rings (SSSR count). The number of fused-ring (bicyclic) bond motifs is 1. The van der Waals surface area contributed by atoms with Gasteiger partial charge in [0.1, 0.15) is 11.4 Å². The normalized spacial score (nSPS) is 19.4. The van der Waals surface area contributed by atoms with Crippen molar-refractivity contribution in [3.05, 3.63) is 102 Å². The average molecular weight is 298 g/mol. The zero-order valence-electron chi connectivity index (χ0n) is 13.0. The molecule has 0 aliphatic carbocycles. The van der Waals surface area contributed by atoms with Gasteiger partial charge in [0.2, 0.25) is 0 Å². The number of nitrogens with zero attached hydrogens (tertiary/aromatic N) is 1. The summed E-state index contributed by atoms with van der Waals surface area (Å²) in [6.45, 7) is 2.19. The molecule has 1 unspecified atom stereocenters. The minimum absolute atomic E-state index is 0.395. The Bertz CT molecular complexity index is 853. The highest BCUT2D eigenvalue weighted by atomic mass is 15.1. The molecule has 3 aromatic carbocycles. The highest BCUT2D eigenvalue weighted by molar-refractivity contribution is 6.10. The summed E-state index contributed by atoms with van der Waals surface area (Å²) in [5, 5.41) is 3.49. The van der Waals surface area contributed by atoms with Gasteiger partial charge in [-0.15, -0.1) is 0 Å². The number of rotatable bonds is 2. The van der Waals surface area contributed by atoms with E-state index in [0.717, 1.165) is 17.1 Å². The lowest BCUT2D eigenvalue weighted by Gasteiger charge is -2.34. The van der Waals surface area contributed by atoms with Gasteiger partial charge in [-0.3, -0.25) is 4.99 Å². The number of nitrogens with one attached hydrogen (secondary N) is 1. The van der Waals surface area contributed by atoms with E-state index in [1.165, 1.54) is 11.1 Å². The van der Waals surface area contributed by atoms with Crippen molar-refractivity contribution in [3.63, 3.8) is 0 Å². The molecule has 1 heterocycles. The van der Waals surface area contributed by atoms with Gasteiger partial charge in [-0.1, -0.05) is 78.9 Å². The second kappa shape index (κ2) is 5.40. The molecule has 3 aromatic rings. The van der Waals surface area contributed by atoms with E-state index in [1.807, 2.05) is 24.3 Å². The summed E-state index contributed by atoms with van der Waals surface area (Å²) in [5.74, 6) is 0.913. The van der Waals surface area contributed by atoms with E-state index in [9.17, 15) is 0 Å². The second-order valence-corrected chi connectivity index (χ2v) is 5.94. The smallest absolute Gasteiger partial charge is 0.134 e. The van der Waals surface area contributed by atoms with Crippen LogP contribution in [0.5, 0.6) is 0 Å². The van der Waals surface area contributed by atoms with Crippen LogP contribution in [-0.2, 0) is 5.54 Å². The van der Waals surface area contributed by atoms with Crippen molar-refractivity contribution < 1.29 is 0 Å². The first-order chi connectivity index (χ1) is 11.3. The van der Waals surface area contributed by atoms with Crippen LogP contribution in [0.15, 0.2) is 89.9 Å². The first-order valence-corrected chi connectivity index (χ1v) is 7.85. The monoisotopic (exact) mass is 298 g/mol. The van der Waals surface area contributed by atoms with Crippen LogP contribution in [0.4, 0.5) is 5.69 Å². The molecule has 0 bridgehead atoms. The summed E-state index contributed by atoms with van der Waals surface area (Å²) in [4.78, 5) is 5.10. The number of hydrogen-bond donors (Lipinski definition) is 1. The molecule has 1 aliphatic rings. The minimum atomic E-state index is -0.395. The van der Waals surface area contributed by atoms with E-state index in [2.05, 4.69) is 72.9 Å². The highest BCUT2D eigenvalue weighted by Gasteiger charge is 2.34. The predicted molar refractivity (Wildman–Crippen MR) is 95.9 cm³/mol. The predicted octanol–water partition coefficient (Wildman–Crippen LogP) is 4.82. The van der Waals surface area contributed by atoms with E-state index < -0.39 is 5.54 Å². The van der Waals surface area contributed by atoms with Crippen LogP contribution < -0.4 is 5.32 Å². The molecular weight excluding hydrogens is 280 g/mol. The Kier molecular flexibility index (Phi) is 3.23. The van der Waals surface area contributed by atoms with Gasteiger partial charge >= 0.3 is 0 Å². The Morgan fingerprint density at radius 1 is 0.739 bits per heavy atom. The summed E-state index contributed by atoms with van der Waals surface area (Å²) in [6.07, 6.45) is 0. The van der Waals surface area contributed by atoms with Crippen molar-refractivity contribution in [2.75, 3.05) is 5.32 Å². The molecule has 1 atom stereocenters. The summed E-state index contributed by atoms with van der Waals surface area (Å²) < 4.78 is 0. The molecule has 0 saturated carbocycles. The molecule has 0 radical (unpaired) electrons. The summed E-state index contributed by atoms with van der Waals surface area (Å²) in [7, 11) is 0. The van der Waals surface area contributed by atoms with E-state index in [-0.39, 0.29) is 0 Å². The lowest BCUT2D eigenvalue weighted by atomic mass is 9.83. The van der Waals surface area contributed by atoms with E-state index in [1.54, 1.807) is 0 Å². The summed E-state index contributed by atoms with van der Waals surface area (Å²) in [5.41, 5.74) is 4.22. The average Bonchev–Trinajstić information content (AvgIpc) is 2.63. The fourth-order valence-corrected chi connectivity index (χ4v) is 3.17. The van der Waals surface area contributed by atoms with Crippen LogP contribution in [0.2, 0.25) is 0 Å². The number of amidine groups is 1. The number of benzene rings is 3. The number of hydrogen-bond acceptors (Lipinski definition) is 2. The Hall–Kier alpha value is -2.87. The largest absolute Gasteiger partial charge is 0.340 e. The van der Waals surface area contributed by atoms with Gasteiger partial charge in [-0.2, -0.15) is 0 Å². The molecule has 0 amide bonds. The maximum atomic E-state index is 5.10. The Balaban J connectivity index is 1.93. The molecule has 0 aromatic heterocycles. The standard InChI is InChI=1S/C21H18N2/c1-21(17-12-6-3-7-13-17)18-14-8-9-15-19(18)22-20(23-21)16-10-4-2-5-11-16/h2-15H,1H3,(H,22,23). The number of aliphatic imine (C=N–C) groups is 1. The Morgan fingerprint density at radius 2 is 1.35 bits per heavy atom. The molecule has 1 aliphatic heterocycles. The fraction of sp³-hybridized carbons (Fsp3) is 0.0952. The first kappa shape index (κ1) is 13.8. The molecule has 0 saturated heterocycles.